The number of hydrogen-bond acceptors (Lipinski definition) is 7. The Hall–Kier alpha value is -4.88. The molecule has 0 fully saturated rings. The van der Waals surface area contributed by atoms with Gasteiger partial charge in [-0.15, -0.1) is 0 Å². The molecule has 0 aliphatic carbocycles. The second-order valence-corrected chi connectivity index (χ2v) is 13.5. The molecule has 2 amide bonds. The fourth-order valence-electron chi connectivity index (χ4n) is 4.20. The van der Waals surface area contributed by atoms with Crippen LogP contribution >= 0.6 is 0 Å². The van der Waals surface area contributed by atoms with Gasteiger partial charge < -0.3 is 15.4 Å². The number of sulfonamides is 2. The lowest BCUT2D eigenvalue weighted by atomic mass is 10.1. The molecule has 0 saturated heterocycles. The van der Waals surface area contributed by atoms with Gasteiger partial charge in [-0.05, 0) is 104 Å². The molecule has 3 N–H and O–H groups in total. The van der Waals surface area contributed by atoms with Gasteiger partial charge in [-0.3, -0.25) is 18.6 Å². The van der Waals surface area contributed by atoms with E-state index in [1.165, 1.54) is 74.7 Å². The van der Waals surface area contributed by atoms with Crippen molar-refractivity contribution >= 4 is 54.6 Å². The Morgan fingerprint density at radius 1 is 0.750 bits per heavy atom. The molecule has 0 aliphatic rings. The van der Waals surface area contributed by atoms with E-state index in [0.717, 1.165) is 15.4 Å². The summed E-state index contributed by atoms with van der Waals surface area (Å²) in [7, 11) is -6.66. The Balaban J connectivity index is 1.54. The molecule has 0 unspecified atom stereocenters. The van der Waals surface area contributed by atoms with Crippen molar-refractivity contribution in [2.24, 2.45) is 0 Å². The Morgan fingerprint density at radius 3 is 1.89 bits per heavy atom. The van der Waals surface area contributed by atoms with Gasteiger partial charge >= 0.3 is 0 Å². The summed E-state index contributed by atoms with van der Waals surface area (Å²) >= 11 is 0. The van der Waals surface area contributed by atoms with Crippen LogP contribution in [0.5, 0.6) is 5.75 Å². The first-order valence-electron chi connectivity index (χ1n) is 13.3. The van der Waals surface area contributed by atoms with Crippen molar-refractivity contribution in [3.8, 4) is 5.75 Å². The molecule has 0 radical (unpaired) electrons. The standard InChI is InChI=1S/C31H32N4O7S2/c1-21-5-6-22(2)30(19-21)34-43(38,39)28-15-7-25(8-16-28)33-31(37)20-35(26-11-13-27(42-4)14-12-26)44(40,41)29-17-9-24(10-18-29)32-23(3)36/h5-19,34H,20H2,1-4H3,(H,32,36)(H,33,37). The van der Waals surface area contributed by atoms with Gasteiger partial charge in [-0.2, -0.15) is 0 Å². The highest BCUT2D eigenvalue weighted by molar-refractivity contribution is 7.93. The summed E-state index contributed by atoms with van der Waals surface area (Å²) in [6.45, 7) is 4.41. The predicted molar refractivity (Wildman–Crippen MR) is 170 cm³/mol. The van der Waals surface area contributed by atoms with Crippen LogP contribution in [0, 0.1) is 13.8 Å². The molecule has 0 heterocycles. The Labute approximate surface area is 257 Å². The monoisotopic (exact) mass is 636 g/mol. The molecule has 44 heavy (non-hydrogen) atoms. The minimum atomic E-state index is -4.24. The minimum absolute atomic E-state index is 0.0125. The Kier molecular flexibility index (Phi) is 9.60. The molecule has 0 atom stereocenters. The van der Waals surface area contributed by atoms with Crippen LogP contribution in [-0.4, -0.2) is 42.3 Å². The lowest BCUT2D eigenvalue weighted by Crippen LogP contribution is -2.38. The van der Waals surface area contributed by atoms with Crippen LogP contribution in [0.25, 0.3) is 0 Å². The summed E-state index contributed by atoms with van der Waals surface area (Å²) in [5.41, 5.74) is 3.03. The number of rotatable bonds is 11. The SMILES string of the molecule is COc1ccc(N(CC(=O)Nc2ccc(S(=O)(=O)Nc3cc(C)ccc3C)cc2)S(=O)(=O)c2ccc(NC(C)=O)cc2)cc1. The van der Waals surface area contributed by atoms with Crippen LogP contribution in [0.4, 0.5) is 22.7 Å². The molecule has 0 spiro atoms. The molecular weight excluding hydrogens is 604 g/mol. The number of hydrogen-bond donors (Lipinski definition) is 3. The zero-order chi connectivity index (χ0) is 32.1. The first kappa shape index (κ1) is 32.0. The van der Waals surface area contributed by atoms with Crippen molar-refractivity contribution < 1.29 is 31.2 Å². The number of methoxy groups -OCH3 is 1. The fourth-order valence-corrected chi connectivity index (χ4v) is 6.74. The molecule has 230 valence electrons. The van der Waals surface area contributed by atoms with Crippen LogP contribution in [0.15, 0.2) is 101 Å². The minimum Gasteiger partial charge on any atom is -0.497 e. The number of nitrogens with zero attached hydrogens (tertiary/aromatic N) is 1. The molecule has 4 rings (SSSR count). The van der Waals surface area contributed by atoms with Gasteiger partial charge in [0.05, 0.1) is 28.3 Å². The van der Waals surface area contributed by atoms with E-state index in [2.05, 4.69) is 15.4 Å². The summed E-state index contributed by atoms with van der Waals surface area (Å²) in [5.74, 6) is -0.471. The van der Waals surface area contributed by atoms with Crippen LogP contribution in [0.2, 0.25) is 0 Å². The first-order chi connectivity index (χ1) is 20.8. The number of nitrogens with one attached hydrogen (secondary N) is 3. The third kappa shape index (κ3) is 7.74. The normalized spacial score (nSPS) is 11.4. The average Bonchev–Trinajstić information content (AvgIpc) is 2.98. The maximum atomic E-state index is 13.7. The maximum Gasteiger partial charge on any atom is 0.264 e. The van der Waals surface area contributed by atoms with E-state index < -0.39 is 32.5 Å². The highest BCUT2D eigenvalue weighted by Crippen LogP contribution is 2.27. The first-order valence-corrected chi connectivity index (χ1v) is 16.3. The van der Waals surface area contributed by atoms with Crippen LogP contribution in [0.1, 0.15) is 18.1 Å². The van der Waals surface area contributed by atoms with Gasteiger partial charge in [-0.1, -0.05) is 12.1 Å². The largest absolute Gasteiger partial charge is 0.497 e. The van der Waals surface area contributed by atoms with Crippen molar-refractivity contribution in [2.45, 2.75) is 30.6 Å². The second kappa shape index (κ2) is 13.2. The van der Waals surface area contributed by atoms with Crippen molar-refractivity contribution in [3.05, 3.63) is 102 Å². The highest BCUT2D eigenvalue weighted by atomic mass is 32.2. The number of aryl methyl sites for hydroxylation is 2. The van der Waals surface area contributed by atoms with Gasteiger partial charge in [0.15, 0.2) is 0 Å². The third-order valence-corrected chi connectivity index (χ3v) is 9.67. The van der Waals surface area contributed by atoms with Crippen molar-refractivity contribution in [1.29, 1.82) is 0 Å². The van der Waals surface area contributed by atoms with Crippen LogP contribution in [0.3, 0.4) is 0 Å². The molecular formula is C31H32N4O7S2. The highest BCUT2D eigenvalue weighted by Gasteiger charge is 2.27. The average molecular weight is 637 g/mol. The zero-order valence-electron chi connectivity index (χ0n) is 24.5. The maximum absolute atomic E-state index is 13.7. The lowest BCUT2D eigenvalue weighted by molar-refractivity contribution is -0.115. The molecule has 0 aliphatic heterocycles. The van der Waals surface area contributed by atoms with E-state index in [4.69, 9.17) is 4.74 Å². The lowest BCUT2D eigenvalue weighted by Gasteiger charge is -2.24. The topological polar surface area (TPSA) is 151 Å². The summed E-state index contributed by atoms with van der Waals surface area (Å²) < 4.78 is 62.1. The third-order valence-electron chi connectivity index (χ3n) is 6.50. The van der Waals surface area contributed by atoms with Gasteiger partial charge in [0.1, 0.15) is 12.3 Å². The Morgan fingerprint density at radius 2 is 1.32 bits per heavy atom. The van der Waals surface area contributed by atoms with E-state index in [9.17, 15) is 26.4 Å². The molecule has 4 aromatic rings. The molecule has 4 aromatic carbocycles. The summed E-state index contributed by atoms with van der Waals surface area (Å²) in [4.78, 5) is 24.4. The zero-order valence-corrected chi connectivity index (χ0v) is 26.1. The second-order valence-electron chi connectivity index (χ2n) is 9.91. The molecule has 0 bridgehead atoms. The number of carbonyl (C=O) groups excluding carboxylic acids is 2. The number of ether oxygens (including phenoxy) is 1. The van der Waals surface area contributed by atoms with E-state index in [1.807, 2.05) is 19.1 Å². The number of anilines is 4. The quantitative estimate of drug-likeness (QED) is 0.212. The molecule has 0 saturated carbocycles. The van der Waals surface area contributed by atoms with Crippen molar-refractivity contribution in [3.63, 3.8) is 0 Å². The van der Waals surface area contributed by atoms with Gasteiger partial charge in [0, 0.05) is 18.3 Å². The van der Waals surface area contributed by atoms with Gasteiger partial charge in [0.2, 0.25) is 11.8 Å². The van der Waals surface area contributed by atoms with Crippen LogP contribution in [-0.2, 0) is 29.6 Å². The Bertz CT molecular complexity index is 1880. The van der Waals surface area contributed by atoms with Crippen LogP contribution < -0.4 is 24.4 Å². The van der Waals surface area contributed by atoms with Gasteiger partial charge in [-0.25, -0.2) is 16.8 Å². The summed E-state index contributed by atoms with van der Waals surface area (Å²) in [6.07, 6.45) is 0. The van der Waals surface area contributed by atoms with Crippen molar-refractivity contribution in [1.82, 2.24) is 0 Å². The van der Waals surface area contributed by atoms with E-state index in [-0.39, 0.29) is 27.1 Å². The molecule has 11 nitrogen and oxygen atoms in total. The van der Waals surface area contributed by atoms with Crippen molar-refractivity contribution in [2.75, 3.05) is 33.3 Å². The van der Waals surface area contributed by atoms with E-state index in [1.54, 1.807) is 25.1 Å². The number of carbonyl (C=O) groups is 2. The van der Waals surface area contributed by atoms with Gasteiger partial charge in [0.25, 0.3) is 20.0 Å². The predicted octanol–water partition coefficient (Wildman–Crippen LogP) is 4.91. The molecule has 13 heteroatoms. The van der Waals surface area contributed by atoms with E-state index in [0.29, 0.717) is 17.1 Å². The summed E-state index contributed by atoms with van der Waals surface area (Å²) in [6, 6.07) is 22.7. The smallest absolute Gasteiger partial charge is 0.264 e. The summed E-state index contributed by atoms with van der Waals surface area (Å²) in [5, 5.41) is 5.21. The molecule has 0 aromatic heterocycles. The number of amides is 2. The number of benzene rings is 4. The fraction of sp³-hybridized carbons (Fsp3) is 0.161. The van der Waals surface area contributed by atoms with E-state index >= 15 is 0 Å².